The normalized spacial score (nSPS) is 15.6. The van der Waals surface area contributed by atoms with E-state index in [1.165, 1.54) is 76.2 Å². The van der Waals surface area contributed by atoms with Crippen LogP contribution in [0.1, 0.15) is 124 Å². The van der Waals surface area contributed by atoms with Gasteiger partial charge in [-0.2, -0.15) is 0 Å². The minimum Gasteiger partial charge on any atom is -0.360 e. The summed E-state index contributed by atoms with van der Waals surface area (Å²) in [6.07, 6.45) is 19.3. The van der Waals surface area contributed by atoms with E-state index < -0.39 is 17.4 Å². The molecule has 0 saturated heterocycles. The molecule has 2 saturated carbocycles. The van der Waals surface area contributed by atoms with Crippen LogP contribution < -0.4 is 0 Å². The summed E-state index contributed by atoms with van der Waals surface area (Å²) in [5.41, 5.74) is 7.94. The molecule has 5 aromatic rings. The fourth-order valence-corrected chi connectivity index (χ4v) is 7.97. The van der Waals surface area contributed by atoms with Gasteiger partial charge in [0.2, 0.25) is 0 Å². The Morgan fingerprint density at radius 3 is 2.39 bits per heavy atom. The molecule has 0 spiro atoms. The molecule has 2 aromatic heterocycles. The predicted octanol–water partition coefficient (Wildman–Crippen LogP) is 12.0. The topological polar surface area (TPSA) is 50.7 Å². The van der Waals surface area contributed by atoms with Gasteiger partial charge in [-0.25, -0.2) is 13.8 Å². The first kappa shape index (κ1) is 35.0. The van der Waals surface area contributed by atoms with Gasteiger partial charge in [-0.1, -0.05) is 103 Å². The Labute approximate surface area is 290 Å². The van der Waals surface area contributed by atoms with Gasteiger partial charge in [0, 0.05) is 41.4 Å². The number of aromatic amines is 1. The van der Waals surface area contributed by atoms with Crippen LogP contribution >= 0.6 is 0 Å². The zero-order chi connectivity index (χ0) is 34.7. The molecule has 0 bridgehead atoms. The summed E-state index contributed by atoms with van der Waals surface area (Å²) in [7, 11) is 2.06. The zero-order valence-electron chi connectivity index (χ0n) is 30.1. The Bertz CT molecular complexity index is 1910. The van der Waals surface area contributed by atoms with Crippen LogP contribution in [-0.2, 0) is 13.5 Å². The van der Waals surface area contributed by atoms with Crippen molar-refractivity contribution in [3.05, 3.63) is 88.4 Å². The molecule has 0 radical (unpaired) electrons. The first-order valence-corrected chi connectivity index (χ1v) is 18.7. The van der Waals surface area contributed by atoms with Crippen molar-refractivity contribution in [3.8, 4) is 11.1 Å². The van der Waals surface area contributed by atoms with Crippen molar-refractivity contribution in [3.63, 3.8) is 0 Å². The standard InChI is InChI=1S/C32H31F2N3O.C11H22/c1-18-13-28-31(36-19(2)37(28)3)26(11-5-9-20-7-4-8-20)29(18)25-12-6-10-24-27(17-35-30(24)25)32(38)21-14-22(33)16-23(34)15-21;1-3-4-5-7-10(2)11-8-6-9-11/h6,10,12-17,20,35H,4-5,7-9,11H2,1-3H3;10-11H,3-9H2,1-2H3. The number of fused-ring (bicyclic) bond motifs is 2. The highest BCUT2D eigenvalue weighted by molar-refractivity contribution is 6.18. The zero-order valence-corrected chi connectivity index (χ0v) is 30.1. The molecule has 2 fully saturated rings. The smallest absolute Gasteiger partial charge is 0.195 e. The van der Waals surface area contributed by atoms with E-state index in [4.69, 9.17) is 4.98 Å². The van der Waals surface area contributed by atoms with Gasteiger partial charge >= 0.3 is 0 Å². The fraction of sp³-hybridized carbons (Fsp3) is 0.488. The van der Waals surface area contributed by atoms with Crippen molar-refractivity contribution in [2.24, 2.45) is 24.8 Å². The van der Waals surface area contributed by atoms with E-state index in [2.05, 4.69) is 49.5 Å². The molecule has 6 heteroatoms. The molecule has 4 nitrogen and oxygen atoms in total. The van der Waals surface area contributed by atoms with Crippen LogP contribution in [0, 0.1) is 43.2 Å². The maximum Gasteiger partial charge on any atom is 0.195 e. The summed E-state index contributed by atoms with van der Waals surface area (Å²) >= 11 is 0. The van der Waals surface area contributed by atoms with Gasteiger partial charge in [-0.15, -0.1) is 0 Å². The molecule has 0 aliphatic heterocycles. The van der Waals surface area contributed by atoms with Gasteiger partial charge in [0.25, 0.3) is 0 Å². The predicted molar refractivity (Wildman–Crippen MR) is 198 cm³/mol. The van der Waals surface area contributed by atoms with E-state index in [-0.39, 0.29) is 5.56 Å². The first-order valence-electron chi connectivity index (χ1n) is 18.7. The van der Waals surface area contributed by atoms with E-state index in [9.17, 15) is 13.6 Å². The lowest BCUT2D eigenvalue weighted by molar-refractivity contribution is 0.103. The fourth-order valence-electron chi connectivity index (χ4n) is 7.97. The minimum atomic E-state index is -0.769. The molecule has 2 aliphatic carbocycles. The second-order valence-corrected chi connectivity index (χ2v) is 14.9. The number of nitrogens with zero attached hydrogens (tertiary/aromatic N) is 2. The van der Waals surface area contributed by atoms with E-state index in [1.807, 2.05) is 19.1 Å². The van der Waals surface area contributed by atoms with E-state index in [1.54, 1.807) is 6.20 Å². The quantitative estimate of drug-likeness (QED) is 0.106. The Morgan fingerprint density at radius 1 is 1.00 bits per heavy atom. The summed E-state index contributed by atoms with van der Waals surface area (Å²) in [5, 5.41) is 0.731. The number of aryl methyl sites for hydroxylation is 4. The number of nitrogens with one attached hydrogen (secondary N) is 1. The molecular formula is C43H53F2N3O. The van der Waals surface area contributed by atoms with Crippen molar-refractivity contribution in [1.82, 2.24) is 14.5 Å². The number of rotatable bonds is 12. The van der Waals surface area contributed by atoms with Gasteiger partial charge in [0.05, 0.1) is 16.6 Å². The Balaban J connectivity index is 0.000000324. The number of H-pyrrole nitrogens is 1. The van der Waals surface area contributed by atoms with Gasteiger partial charge in [0.1, 0.15) is 17.5 Å². The molecule has 3 aromatic carbocycles. The van der Waals surface area contributed by atoms with Crippen LogP contribution in [0.2, 0.25) is 0 Å². The third-order valence-corrected chi connectivity index (χ3v) is 11.5. The van der Waals surface area contributed by atoms with Gasteiger partial charge in [-0.05, 0) is 79.3 Å². The highest BCUT2D eigenvalue weighted by Gasteiger charge is 2.24. The van der Waals surface area contributed by atoms with Crippen LogP contribution in [0.5, 0.6) is 0 Å². The first-order chi connectivity index (χ1) is 23.7. The van der Waals surface area contributed by atoms with Crippen molar-refractivity contribution in [2.75, 3.05) is 0 Å². The highest BCUT2D eigenvalue weighted by atomic mass is 19.1. The number of para-hydroxylation sites is 1. The van der Waals surface area contributed by atoms with E-state index in [0.29, 0.717) is 5.56 Å². The van der Waals surface area contributed by atoms with Gasteiger partial charge in [-0.3, -0.25) is 4.79 Å². The van der Waals surface area contributed by atoms with Gasteiger partial charge < -0.3 is 9.55 Å². The van der Waals surface area contributed by atoms with Crippen LogP contribution in [-0.4, -0.2) is 20.3 Å². The van der Waals surface area contributed by atoms with Gasteiger partial charge in [0.15, 0.2) is 5.78 Å². The largest absolute Gasteiger partial charge is 0.360 e. The highest BCUT2D eigenvalue weighted by Crippen LogP contribution is 2.40. The minimum absolute atomic E-state index is 0.00736. The average molecular weight is 666 g/mol. The van der Waals surface area contributed by atoms with E-state index in [0.717, 1.165) is 93.2 Å². The molecule has 1 N–H and O–H groups in total. The maximum atomic E-state index is 13.8. The average Bonchev–Trinajstić information content (AvgIpc) is 3.58. The monoisotopic (exact) mass is 665 g/mol. The molecule has 0 amide bonds. The van der Waals surface area contributed by atoms with Crippen molar-refractivity contribution < 1.29 is 13.6 Å². The second kappa shape index (κ2) is 15.4. The van der Waals surface area contributed by atoms with Crippen LogP contribution in [0.25, 0.3) is 33.1 Å². The molecule has 2 heterocycles. The van der Waals surface area contributed by atoms with Crippen LogP contribution in [0.15, 0.2) is 48.7 Å². The molecule has 1 atom stereocenters. The molecular weight excluding hydrogens is 612 g/mol. The molecule has 1 unspecified atom stereocenters. The second-order valence-electron chi connectivity index (χ2n) is 14.9. The molecule has 7 rings (SSSR count). The summed E-state index contributed by atoms with van der Waals surface area (Å²) in [4.78, 5) is 21.6. The molecule has 49 heavy (non-hydrogen) atoms. The number of benzene rings is 3. The SMILES string of the molecule is CCCCCC(C)C1CCC1.Cc1cc2c(nc(C)n2C)c(CCCC2CCC2)c1-c1cccc2c(C(=O)c3cc(F)cc(F)c3)c[nH]c12. The summed E-state index contributed by atoms with van der Waals surface area (Å²) in [5.74, 6) is 1.99. The van der Waals surface area contributed by atoms with Crippen molar-refractivity contribution >= 4 is 27.7 Å². The van der Waals surface area contributed by atoms with Crippen LogP contribution in [0.4, 0.5) is 8.78 Å². The number of unbranched alkanes of at least 4 members (excludes halogenated alkanes) is 2. The number of halogens is 2. The lowest BCUT2D eigenvalue weighted by Crippen LogP contribution is -2.19. The number of carbonyl (C=O) groups excluding carboxylic acids is 1. The van der Waals surface area contributed by atoms with Crippen LogP contribution in [0.3, 0.4) is 0 Å². The maximum absolute atomic E-state index is 13.8. The number of imidazole rings is 1. The molecule has 2 aliphatic rings. The summed E-state index contributed by atoms with van der Waals surface area (Å²) in [6.45, 7) is 8.90. The molecule has 260 valence electrons. The number of ketones is 1. The third-order valence-electron chi connectivity index (χ3n) is 11.5. The van der Waals surface area contributed by atoms with Crippen molar-refractivity contribution in [1.29, 1.82) is 0 Å². The Hall–Kier alpha value is -3.80. The summed E-state index contributed by atoms with van der Waals surface area (Å²) < 4.78 is 29.8. The Morgan fingerprint density at radius 2 is 1.73 bits per heavy atom. The lowest BCUT2D eigenvalue weighted by atomic mass is 9.75. The lowest BCUT2D eigenvalue weighted by Gasteiger charge is -2.31. The number of hydrogen-bond donors (Lipinski definition) is 1. The number of aromatic nitrogens is 3. The van der Waals surface area contributed by atoms with Crippen molar-refractivity contribution in [2.45, 2.75) is 111 Å². The third kappa shape index (κ3) is 7.54. The number of carbonyl (C=O) groups is 1. The van der Waals surface area contributed by atoms with E-state index >= 15 is 0 Å². The summed E-state index contributed by atoms with van der Waals surface area (Å²) in [6, 6.07) is 11.0. The number of hydrogen-bond acceptors (Lipinski definition) is 2. The Kier molecular flexibility index (Phi) is 11.0.